The monoisotopic (exact) mass is 269 g/mol. The van der Waals surface area contributed by atoms with Gasteiger partial charge in [0.25, 0.3) is 0 Å². The summed E-state index contributed by atoms with van der Waals surface area (Å²) in [6, 6.07) is 6.67. The van der Waals surface area contributed by atoms with Gasteiger partial charge in [-0.25, -0.2) is 0 Å². The van der Waals surface area contributed by atoms with Crippen LogP contribution in [0, 0.1) is 0 Å². The van der Waals surface area contributed by atoms with Gasteiger partial charge in [-0.3, -0.25) is 0 Å². The van der Waals surface area contributed by atoms with Gasteiger partial charge in [0, 0.05) is 17.5 Å². The lowest BCUT2D eigenvalue weighted by Crippen LogP contribution is -2.31. The molecule has 1 aromatic rings. The highest BCUT2D eigenvalue weighted by Gasteiger charge is 2.22. The minimum Gasteiger partial charge on any atom is -0.487 e. The zero-order chi connectivity index (χ0) is 11.7. The number of rotatable bonds is 3. The Morgan fingerprint density at radius 1 is 1.35 bits per heavy atom. The van der Waals surface area contributed by atoms with E-state index in [1.165, 1.54) is 18.4 Å². The third-order valence-electron chi connectivity index (χ3n) is 3.32. The number of halogens is 1. The van der Waals surface area contributed by atoms with Crippen molar-refractivity contribution >= 4 is 23.4 Å². The Morgan fingerprint density at radius 2 is 2.24 bits per heavy atom. The van der Waals surface area contributed by atoms with Crippen molar-refractivity contribution in [2.75, 3.05) is 18.1 Å². The minimum absolute atomic E-state index is 0.355. The van der Waals surface area contributed by atoms with Gasteiger partial charge >= 0.3 is 0 Å². The summed E-state index contributed by atoms with van der Waals surface area (Å²) in [4.78, 5) is 0. The van der Waals surface area contributed by atoms with E-state index in [9.17, 15) is 0 Å². The highest BCUT2D eigenvalue weighted by molar-refractivity contribution is 8.00. The fourth-order valence-electron chi connectivity index (χ4n) is 2.26. The van der Waals surface area contributed by atoms with E-state index in [1.807, 2.05) is 23.9 Å². The second kappa shape index (κ2) is 5.09. The molecule has 0 saturated carbocycles. The molecule has 4 heteroatoms. The largest absolute Gasteiger partial charge is 0.487 e. The van der Waals surface area contributed by atoms with Crippen molar-refractivity contribution in [2.45, 2.75) is 25.0 Å². The molecule has 1 N–H and O–H groups in total. The first-order chi connectivity index (χ1) is 8.33. The molecule has 1 aromatic carbocycles. The molecule has 3 rings (SSSR count). The standard InChI is InChI=1S/C13H16ClNOS/c14-11-6-9(12-2-1-5-15-12)3-4-13(11)16-10-7-17-8-10/h3-4,6,10,12,15H,1-2,5,7-8H2. The maximum atomic E-state index is 6.27. The molecule has 2 aliphatic rings. The van der Waals surface area contributed by atoms with E-state index >= 15 is 0 Å². The summed E-state index contributed by atoms with van der Waals surface area (Å²) in [6.45, 7) is 1.11. The van der Waals surface area contributed by atoms with Gasteiger partial charge in [0.2, 0.25) is 0 Å². The molecule has 0 aromatic heterocycles. The Hall–Kier alpha value is -0.380. The molecule has 1 atom stereocenters. The molecule has 0 spiro atoms. The van der Waals surface area contributed by atoms with Crippen LogP contribution >= 0.6 is 23.4 Å². The third-order valence-corrected chi connectivity index (χ3v) is 4.83. The molecule has 2 heterocycles. The molecule has 2 nitrogen and oxygen atoms in total. The van der Waals surface area contributed by atoms with E-state index in [0.29, 0.717) is 12.1 Å². The van der Waals surface area contributed by atoms with Crippen molar-refractivity contribution in [2.24, 2.45) is 0 Å². The van der Waals surface area contributed by atoms with Crippen LogP contribution in [0.5, 0.6) is 5.75 Å². The number of benzene rings is 1. The quantitative estimate of drug-likeness (QED) is 0.910. The Labute approximate surface area is 111 Å². The van der Waals surface area contributed by atoms with Crippen LogP contribution in [0.4, 0.5) is 0 Å². The van der Waals surface area contributed by atoms with Crippen LogP contribution < -0.4 is 10.1 Å². The van der Waals surface area contributed by atoms with Gasteiger partial charge in [0.1, 0.15) is 11.9 Å². The lowest BCUT2D eigenvalue weighted by Gasteiger charge is -2.26. The fourth-order valence-corrected chi connectivity index (χ4v) is 3.06. The molecule has 1 unspecified atom stereocenters. The maximum Gasteiger partial charge on any atom is 0.138 e. The van der Waals surface area contributed by atoms with Crippen molar-refractivity contribution in [1.29, 1.82) is 0 Å². The molecule has 2 aliphatic heterocycles. The minimum atomic E-state index is 0.355. The Balaban J connectivity index is 1.73. The molecule has 0 bridgehead atoms. The average molecular weight is 270 g/mol. The molecule has 0 aliphatic carbocycles. The van der Waals surface area contributed by atoms with E-state index < -0.39 is 0 Å². The Morgan fingerprint density at radius 3 is 2.82 bits per heavy atom. The number of hydrogen-bond donors (Lipinski definition) is 1. The normalized spacial score (nSPS) is 24.6. The van der Waals surface area contributed by atoms with Gasteiger partial charge < -0.3 is 10.1 Å². The second-order valence-electron chi connectivity index (χ2n) is 4.62. The van der Waals surface area contributed by atoms with Crippen molar-refractivity contribution in [1.82, 2.24) is 5.32 Å². The molecule has 2 fully saturated rings. The highest BCUT2D eigenvalue weighted by Crippen LogP contribution is 2.33. The number of hydrogen-bond acceptors (Lipinski definition) is 3. The highest BCUT2D eigenvalue weighted by atomic mass is 35.5. The van der Waals surface area contributed by atoms with Gasteiger partial charge in [-0.15, -0.1) is 0 Å². The summed E-state index contributed by atoms with van der Waals surface area (Å²) in [7, 11) is 0. The first-order valence-corrected chi connectivity index (χ1v) is 7.63. The number of ether oxygens (including phenoxy) is 1. The summed E-state index contributed by atoms with van der Waals surface area (Å²) in [5.74, 6) is 3.00. The molecule has 2 saturated heterocycles. The number of thioether (sulfide) groups is 1. The summed E-state index contributed by atoms with van der Waals surface area (Å²) in [6.07, 6.45) is 2.81. The van der Waals surface area contributed by atoms with Crippen LogP contribution in [-0.2, 0) is 0 Å². The van der Waals surface area contributed by atoms with Gasteiger partial charge in [0.15, 0.2) is 0 Å². The predicted molar refractivity (Wildman–Crippen MR) is 73.2 cm³/mol. The lowest BCUT2D eigenvalue weighted by atomic mass is 10.1. The Bertz CT molecular complexity index is 402. The zero-order valence-corrected chi connectivity index (χ0v) is 11.2. The van der Waals surface area contributed by atoms with Crippen LogP contribution in [0.2, 0.25) is 5.02 Å². The topological polar surface area (TPSA) is 21.3 Å². The van der Waals surface area contributed by atoms with Crippen LogP contribution in [0.15, 0.2) is 18.2 Å². The molecule has 0 radical (unpaired) electrons. The van der Waals surface area contributed by atoms with Crippen LogP contribution in [0.1, 0.15) is 24.4 Å². The third kappa shape index (κ3) is 2.56. The summed E-state index contributed by atoms with van der Waals surface area (Å²) in [5.41, 5.74) is 1.28. The summed E-state index contributed by atoms with van der Waals surface area (Å²) in [5, 5.41) is 4.22. The maximum absolute atomic E-state index is 6.27. The van der Waals surface area contributed by atoms with Gasteiger partial charge in [-0.05, 0) is 37.1 Å². The van der Waals surface area contributed by atoms with Crippen molar-refractivity contribution in [3.8, 4) is 5.75 Å². The first-order valence-electron chi connectivity index (χ1n) is 6.10. The average Bonchev–Trinajstić information content (AvgIpc) is 2.78. The van der Waals surface area contributed by atoms with Crippen molar-refractivity contribution in [3.63, 3.8) is 0 Å². The molecule has 17 heavy (non-hydrogen) atoms. The fraction of sp³-hybridized carbons (Fsp3) is 0.538. The lowest BCUT2D eigenvalue weighted by molar-refractivity contribution is 0.240. The van der Waals surface area contributed by atoms with Crippen LogP contribution in [0.3, 0.4) is 0 Å². The SMILES string of the molecule is Clc1cc(C2CCCN2)ccc1OC1CSC1. The second-order valence-corrected chi connectivity index (χ2v) is 6.10. The van der Waals surface area contributed by atoms with E-state index in [0.717, 1.165) is 28.8 Å². The van der Waals surface area contributed by atoms with Crippen molar-refractivity contribution in [3.05, 3.63) is 28.8 Å². The predicted octanol–water partition coefficient (Wildman–Crippen LogP) is 3.26. The van der Waals surface area contributed by atoms with Gasteiger partial charge in [0.05, 0.1) is 5.02 Å². The van der Waals surface area contributed by atoms with Gasteiger partial charge in [-0.1, -0.05) is 17.7 Å². The van der Waals surface area contributed by atoms with E-state index in [1.54, 1.807) is 0 Å². The van der Waals surface area contributed by atoms with Crippen LogP contribution in [-0.4, -0.2) is 24.2 Å². The van der Waals surface area contributed by atoms with E-state index in [-0.39, 0.29) is 0 Å². The van der Waals surface area contributed by atoms with E-state index in [4.69, 9.17) is 16.3 Å². The Kier molecular flexibility index (Phi) is 3.50. The molecular weight excluding hydrogens is 254 g/mol. The van der Waals surface area contributed by atoms with Gasteiger partial charge in [-0.2, -0.15) is 11.8 Å². The number of nitrogens with one attached hydrogen (secondary N) is 1. The van der Waals surface area contributed by atoms with E-state index in [2.05, 4.69) is 11.4 Å². The zero-order valence-electron chi connectivity index (χ0n) is 9.62. The smallest absolute Gasteiger partial charge is 0.138 e. The molecule has 0 amide bonds. The summed E-state index contributed by atoms with van der Waals surface area (Å²) >= 11 is 8.19. The first kappa shape index (κ1) is 11.7. The summed E-state index contributed by atoms with van der Waals surface area (Å²) < 4.78 is 5.83. The molecule has 92 valence electrons. The van der Waals surface area contributed by atoms with Crippen molar-refractivity contribution < 1.29 is 4.74 Å². The van der Waals surface area contributed by atoms with Crippen LogP contribution in [0.25, 0.3) is 0 Å². The molecular formula is C13H16ClNOS.